The molecule has 3 rings (SSSR count). The van der Waals surface area contributed by atoms with Gasteiger partial charge in [0.05, 0.1) is 19.8 Å². The Kier molecular flexibility index (Phi) is 7.70. The summed E-state index contributed by atoms with van der Waals surface area (Å²) in [6, 6.07) is 17.5. The fourth-order valence-electron chi connectivity index (χ4n) is 3.20. The summed E-state index contributed by atoms with van der Waals surface area (Å²) in [5.74, 6) is 1.21. The van der Waals surface area contributed by atoms with Crippen LogP contribution in [0.3, 0.4) is 0 Å². The van der Waals surface area contributed by atoms with Gasteiger partial charge in [0.15, 0.2) is 6.61 Å². The molecule has 1 unspecified atom stereocenters. The molecule has 2 aromatic carbocycles. The number of hydrogen-bond acceptors (Lipinski definition) is 5. The Morgan fingerprint density at radius 3 is 2.82 bits per heavy atom. The van der Waals surface area contributed by atoms with E-state index in [0.717, 1.165) is 32.7 Å². The van der Waals surface area contributed by atoms with Crippen molar-refractivity contribution in [3.8, 4) is 11.5 Å². The quantitative estimate of drug-likeness (QED) is 0.674. The van der Waals surface area contributed by atoms with Crippen LogP contribution in [0.15, 0.2) is 54.6 Å². The Labute approximate surface area is 166 Å². The van der Waals surface area contributed by atoms with E-state index in [1.807, 2.05) is 30.3 Å². The molecule has 150 valence electrons. The lowest BCUT2D eigenvalue weighted by Crippen LogP contribution is -2.40. The minimum Gasteiger partial charge on any atom is -0.497 e. The van der Waals surface area contributed by atoms with Gasteiger partial charge in [0.1, 0.15) is 11.5 Å². The third kappa shape index (κ3) is 6.25. The second kappa shape index (κ2) is 10.7. The van der Waals surface area contributed by atoms with Crippen LogP contribution < -0.4 is 14.8 Å². The number of hydrogen-bond donors (Lipinski definition) is 1. The highest BCUT2D eigenvalue weighted by atomic mass is 16.5. The van der Waals surface area contributed by atoms with Crippen molar-refractivity contribution in [2.24, 2.45) is 0 Å². The molecule has 6 nitrogen and oxygen atoms in total. The Morgan fingerprint density at radius 1 is 1.18 bits per heavy atom. The summed E-state index contributed by atoms with van der Waals surface area (Å²) in [4.78, 5) is 14.3. The zero-order valence-corrected chi connectivity index (χ0v) is 16.3. The molecule has 1 atom stereocenters. The SMILES string of the molecule is COc1cccc(OCC(=O)NCCCN2CCOC(c3ccccc3)C2)c1. The Balaban J connectivity index is 1.32. The summed E-state index contributed by atoms with van der Waals surface area (Å²) in [6.07, 6.45) is 1.02. The number of methoxy groups -OCH3 is 1. The van der Waals surface area contributed by atoms with Gasteiger partial charge in [-0.05, 0) is 24.1 Å². The molecule has 0 saturated carbocycles. The topological polar surface area (TPSA) is 60.0 Å². The van der Waals surface area contributed by atoms with E-state index in [4.69, 9.17) is 14.2 Å². The van der Waals surface area contributed by atoms with E-state index >= 15 is 0 Å². The van der Waals surface area contributed by atoms with Crippen LogP contribution in [0, 0.1) is 0 Å². The van der Waals surface area contributed by atoms with E-state index in [0.29, 0.717) is 18.0 Å². The van der Waals surface area contributed by atoms with Gasteiger partial charge in [-0.3, -0.25) is 9.69 Å². The van der Waals surface area contributed by atoms with Crippen molar-refractivity contribution in [3.63, 3.8) is 0 Å². The second-order valence-electron chi connectivity index (χ2n) is 6.74. The molecule has 1 N–H and O–H groups in total. The first-order chi connectivity index (χ1) is 13.7. The van der Waals surface area contributed by atoms with Gasteiger partial charge in [-0.2, -0.15) is 0 Å². The van der Waals surface area contributed by atoms with E-state index in [1.54, 1.807) is 19.2 Å². The number of nitrogens with one attached hydrogen (secondary N) is 1. The van der Waals surface area contributed by atoms with Crippen molar-refractivity contribution in [1.29, 1.82) is 0 Å². The van der Waals surface area contributed by atoms with Crippen LogP contribution in [0.2, 0.25) is 0 Å². The summed E-state index contributed by atoms with van der Waals surface area (Å²) in [6.45, 7) is 4.12. The fraction of sp³-hybridized carbons (Fsp3) is 0.409. The molecule has 0 spiro atoms. The maximum Gasteiger partial charge on any atom is 0.257 e. The average Bonchev–Trinajstić information content (AvgIpc) is 2.76. The van der Waals surface area contributed by atoms with Crippen molar-refractivity contribution < 1.29 is 19.0 Å². The molecule has 2 aromatic rings. The Hall–Kier alpha value is -2.57. The predicted molar refractivity (Wildman–Crippen MR) is 108 cm³/mol. The molecule has 1 fully saturated rings. The third-order valence-corrected chi connectivity index (χ3v) is 4.71. The fourth-order valence-corrected chi connectivity index (χ4v) is 3.20. The summed E-state index contributed by atoms with van der Waals surface area (Å²) in [5.41, 5.74) is 1.22. The number of rotatable bonds is 9. The van der Waals surface area contributed by atoms with E-state index in [1.165, 1.54) is 5.56 Å². The lowest BCUT2D eigenvalue weighted by molar-refractivity contribution is -0.123. The van der Waals surface area contributed by atoms with Gasteiger partial charge < -0.3 is 19.5 Å². The molecule has 0 aliphatic carbocycles. The van der Waals surface area contributed by atoms with E-state index < -0.39 is 0 Å². The number of ether oxygens (including phenoxy) is 3. The summed E-state index contributed by atoms with van der Waals surface area (Å²) in [7, 11) is 1.60. The normalized spacial score (nSPS) is 17.1. The molecule has 1 saturated heterocycles. The lowest BCUT2D eigenvalue weighted by atomic mass is 10.1. The van der Waals surface area contributed by atoms with Gasteiger partial charge in [-0.1, -0.05) is 36.4 Å². The molecular formula is C22H28N2O4. The monoisotopic (exact) mass is 384 g/mol. The molecular weight excluding hydrogens is 356 g/mol. The number of amides is 1. The molecule has 1 aliphatic rings. The van der Waals surface area contributed by atoms with Gasteiger partial charge in [-0.15, -0.1) is 0 Å². The van der Waals surface area contributed by atoms with Crippen molar-refractivity contribution in [2.75, 3.05) is 46.5 Å². The number of benzene rings is 2. The van der Waals surface area contributed by atoms with Gasteiger partial charge in [-0.25, -0.2) is 0 Å². The van der Waals surface area contributed by atoms with Crippen LogP contribution in [0.1, 0.15) is 18.1 Å². The minimum absolute atomic E-state index is 0.000797. The van der Waals surface area contributed by atoms with Gasteiger partial charge >= 0.3 is 0 Å². The maximum absolute atomic E-state index is 12.0. The average molecular weight is 384 g/mol. The van der Waals surface area contributed by atoms with Crippen molar-refractivity contribution >= 4 is 5.91 Å². The van der Waals surface area contributed by atoms with Gasteiger partial charge in [0.25, 0.3) is 5.91 Å². The summed E-state index contributed by atoms with van der Waals surface area (Å²) < 4.78 is 16.5. The van der Waals surface area contributed by atoms with Crippen molar-refractivity contribution in [2.45, 2.75) is 12.5 Å². The minimum atomic E-state index is -0.119. The van der Waals surface area contributed by atoms with E-state index in [9.17, 15) is 4.79 Å². The number of carbonyl (C=O) groups is 1. The molecule has 0 aromatic heterocycles. The van der Waals surface area contributed by atoms with Crippen LogP contribution in [0.4, 0.5) is 0 Å². The molecule has 1 amide bonds. The molecule has 6 heteroatoms. The smallest absolute Gasteiger partial charge is 0.257 e. The van der Waals surface area contributed by atoms with Crippen LogP contribution >= 0.6 is 0 Å². The highest BCUT2D eigenvalue weighted by Gasteiger charge is 2.21. The summed E-state index contributed by atoms with van der Waals surface area (Å²) in [5, 5.41) is 2.91. The van der Waals surface area contributed by atoms with Crippen LogP contribution in [0.25, 0.3) is 0 Å². The first kappa shape index (κ1) is 20.2. The highest BCUT2D eigenvalue weighted by Crippen LogP contribution is 2.22. The number of nitrogens with zero attached hydrogens (tertiary/aromatic N) is 1. The van der Waals surface area contributed by atoms with Crippen LogP contribution in [-0.2, 0) is 9.53 Å². The van der Waals surface area contributed by atoms with Gasteiger partial charge in [0.2, 0.25) is 0 Å². The standard InChI is InChI=1S/C22H28N2O4/c1-26-19-9-5-10-20(15-19)28-17-22(25)23-11-6-12-24-13-14-27-21(16-24)18-7-3-2-4-8-18/h2-5,7-10,15,21H,6,11-14,16-17H2,1H3,(H,23,25). The molecule has 1 heterocycles. The lowest BCUT2D eigenvalue weighted by Gasteiger charge is -2.33. The largest absolute Gasteiger partial charge is 0.497 e. The molecule has 28 heavy (non-hydrogen) atoms. The highest BCUT2D eigenvalue weighted by molar-refractivity contribution is 5.77. The van der Waals surface area contributed by atoms with Gasteiger partial charge in [0, 0.05) is 32.2 Å². The first-order valence-corrected chi connectivity index (χ1v) is 9.67. The molecule has 0 radical (unpaired) electrons. The summed E-state index contributed by atoms with van der Waals surface area (Å²) >= 11 is 0. The Morgan fingerprint density at radius 2 is 2.00 bits per heavy atom. The zero-order valence-electron chi connectivity index (χ0n) is 16.3. The van der Waals surface area contributed by atoms with E-state index in [2.05, 4.69) is 22.3 Å². The zero-order chi connectivity index (χ0) is 19.6. The number of carbonyl (C=O) groups excluding carboxylic acids is 1. The number of morpholine rings is 1. The second-order valence-corrected chi connectivity index (χ2v) is 6.74. The molecule has 1 aliphatic heterocycles. The van der Waals surface area contributed by atoms with Crippen molar-refractivity contribution in [1.82, 2.24) is 10.2 Å². The van der Waals surface area contributed by atoms with E-state index in [-0.39, 0.29) is 18.6 Å². The Bertz CT molecular complexity index is 738. The first-order valence-electron chi connectivity index (χ1n) is 9.67. The van der Waals surface area contributed by atoms with Crippen LogP contribution in [0.5, 0.6) is 11.5 Å². The molecule has 0 bridgehead atoms. The van der Waals surface area contributed by atoms with Crippen molar-refractivity contribution in [3.05, 3.63) is 60.2 Å². The van der Waals surface area contributed by atoms with Crippen LogP contribution in [-0.4, -0.2) is 57.3 Å². The maximum atomic E-state index is 12.0. The predicted octanol–water partition coefficient (Wildman–Crippen LogP) is 2.65. The third-order valence-electron chi connectivity index (χ3n) is 4.71.